The van der Waals surface area contributed by atoms with Gasteiger partial charge in [0.25, 0.3) is 11.8 Å². The Balaban J connectivity index is 1.49. The molecule has 0 aliphatic carbocycles. The molecule has 49 heavy (non-hydrogen) atoms. The van der Waals surface area contributed by atoms with Gasteiger partial charge in [-0.2, -0.15) is 4.98 Å². The van der Waals surface area contributed by atoms with Crippen molar-refractivity contribution < 1.29 is 37.8 Å². The van der Waals surface area contributed by atoms with E-state index >= 15 is 0 Å². The normalized spacial score (nSPS) is 22.2. The number of fused-ring (bicyclic) bond motifs is 4. The molecule has 2 aromatic heterocycles. The van der Waals surface area contributed by atoms with Crippen LogP contribution in [0.15, 0.2) is 51.3 Å². The molecule has 5 heterocycles. The molecular formula is C35H36ClN5O8. The number of hydrogen-bond donors (Lipinski definition) is 4. The molecule has 0 saturated carbocycles. The molecule has 3 aliphatic rings. The van der Waals surface area contributed by atoms with Crippen molar-refractivity contribution in [1.29, 1.82) is 0 Å². The third-order valence-corrected chi connectivity index (χ3v) is 10.1. The molecular weight excluding hydrogens is 654 g/mol. The lowest BCUT2D eigenvalue weighted by Crippen LogP contribution is -2.55. The van der Waals surface area contributed by atoms with Crippen LogP contribution in [0.2, 0.25) is 5.22 Å². The maximum Gasteiger partial charge on any atom is 0.361 e. The molecule has 1 unspecified atom stereocenters. The SMILES string of the molecule is CCC(O)(CC)C(=O)N[C@H]1Cc2ccc3c(c2)C2(c4ccccc4N[C@H]2O3)c2oc(nc2-c2nc(C(=O)OC)c(Cl)o2)[C@H](C(C)C)NC1=O. The van der Waals surface area contributed by atoms with Gasteiger partial charge < -0.3 is 39.4 Å². The van der Waals surface area contributed by atoms with E-state index in [-0.39, 0.29) is 53.6 Å². The number of anilines is 1. The number of para-hydroxylation sites is 1. The molecule has 2 aromatic carbocycles. The number of nitrogens with zero attached hydrogens (tertiary/aromatic N) is 2. The number of rotatable bonds is 7. The first-order chi connectivity index (χ1) is 23.4. The summed E-state index contributed by atoms with van der Waals surface area (Å²) >= 11 is 6.35. The Morgan fingerprint density at radius 2 is 1.88 bits per heavy atom. The van der Waals surface area contributed by atoms with E-state index in [1.807, 2.05) is 56.3 Å². The van der Waals surface area contributed by atoms with Gasteiger partial charge in [-0.1, -0.05) is 58.0 Å². The van der Waals surface area contributed by atoms with Gasteiger partial charge >= 0.3 is 5.97 Å². The maximum atomic E-state index is 14.1. The molecule has 14 heteroatoms. The number of carbonyl (C=O) groups is 3. The van der Waals surface area contributed by atoms with Crippen molar-refractivity contribution in [1.82, 2.24) is 20.6 Å². The van der Waals surface area contributed by atoms with Crippen LogP contribution in [0.25, 0.3) is 11.6 Å². The lowest BCUT2D eigenvalue weighted by molar-refractivity contribution is -0.143. The monoisotopic (exact) mass is 689 g/mol. The number of ether oxygens (including phenoxy) is 2. The lowest BCUT2D eigenvalue weighted by atomic mass is 9.72. The number of halogens is 1. The number of methoxy groups -OCH3 is 1. The summed E-state index contributed by atoms with van der Waals surface area (Å²) in [4.78, 5) is 49.3. The Morgan fingerprint density at radius 3 is 2.59 bits per heavy atom. The zero-order chi connectivity index (χ0) is 34.8. The van der Waals surface area contributed by atoms with Crippen molar-refractivity contribution in [2.24, 2.45) is 5.92 Å². The second-order valence-electron chi connectivity index (χ2n) is 12.9. The van der Waals surface area contributed by atoms with Gasteiger partial charge in [0.2, 0.25) is 22.7 Å². The Kier molecular flexibility index (Phi) is 7.94. The molecule has 4 atom stereocenters. The summed E-state index contributed by atoms with van der Waals surface area (Å²) in [6, 6.07) is 11.5. The van der Waals surface area contributed by atoms with E-state index in [1.165, 1.54) is 7.11 Å². The summed E-state index contributed by atoms with van der Waals surface area (Å²) in [6.45, 7) is 7.22. The van der Waals surface area contributed by atoms with Crippen LogP contribution < -0.4 is 20.7 Å². The van der Waals surface area contributed by atoms with E-state index < -0.39 is 47.1 Å². The number of oxazole rings is 2. The minimum absolute atomic E-state index is 0.0928. The third-order valence-electron chi connectivity index (χ3n) is 9.80. The molecule has 0 fully saturated rings. The fraction of sp³-hybridized carbons (Fsp3) is 0.400. The molecule has 0 saturated heterocycles. The number of benzene rings is 2. The van der Waals surface area contributed by atoms with Gasteiger partial charge in [-0.15, -0.1) is 0 Å². The molecule has 7 rings (SSSR count). The first kappa shape index (κ1) is 32.7. The zero-order valence-corrected chi connectivity index (χ0v) is 28.3. The van der Waals surface area contributed by atoms with Crippen molar-refractivity contribution in [3.63, 3.8) is 0 Å². The second kappa shape index (κ2) is 11.9. The van der Waals surface area contributed by atoms with Crippen molar-refractivity contribution in [3.8, 4) is 17.3 Å². The first-order valence-corrected chi connectivity index (χ1v) is 16.6. The molecule has 3 aliphatic heterocycles. The second-order valence-corrected chi connectivity index (χ2v) is 13.2. The fourth-order valence-electron chi connectivity index (χ4n) is 6.94. The average Bonchev–Trinajstić information content (AvgIpc) is 3.85. The Hall–Kier alpha value is -4.88. The highest BCUT2D eigenvalue weighted by molar-refractivity contribution is 6.31. The minimum Gasteiger partial charge on any atom is -0.469 e. The third kappa shape index (κ3) is 4.97. The summed E-state index contributed by atoms with van der Waals surface area (Å²) in [5.41, 5.74) is 0.193. The molecule has 4 N–H and O–H groups in total. The number of hydrogen-bond acceptors (Lipinski definition) is 11. The standard InChI is InChI=1S/C35H36ClN5O8/c1-6-34(45,7-2)32(44)37-21-15-17-12-13-22-19(14-17)35(18-10-8-9-11-20(18)38-33(35)47-22)26-24(30-41-25(27(36)49-30)31(43)46-5)40-29(48-26)23(16(3)4)39-28(21)42/h8-14,16,21,23,33,38,45H,6-7,15H2,1-5H3,(H,37,44)(H,39,42)/t21-,23-,33-,35?/m0/s1. The Morgan fingerprint density at radius 1 is 1.12 bits per heavy atom. The van der Waals surface area contributed by atoms with Crippen molar-refractivity contribution in [2.75, 3.05) is 12.4 Å². The van der Waals surface area contributed by atoms with Gasteiger partial charge in [0.15, 0.2) is 17.7 Å². The summed E-state index contributed by atoms with van der Waals surface area (Å²) in [6.07, 6.45) is -0.231. The van der Waals surface area contributed by atoms with E-state index in [1.54, 1.807) is 13.8 Å². The molecule has 13 nitrogen and oxygen atoms in total. The first-order valence-electron chi connectivity index (χ1n) is 16.2. The lowest BCUT2D eigenvalue weighted by Gasteiger charge is -2.30. The number of nitrogens with one attached hydrogen (secondary N) is 3. The van der Waals surface area contributed by atoms with E-state index in [0.717, 1.165) is 16.8 Å². The van der Waals surface area contributed by atoms with Crippen LogP contribution in [0.3, 0.4) is 0 Å². The van der Waals surface area contributed by atoms with Crippen LogP contribution in [-0.2, 0) is 26.2 Å². The summed E-state index contributed by atoms with van der Waals surface area (Å²) in [5.74, 6) is -1.27. The quantitative estimate of drug-likeness (QED) is 0.199. The topological polar surface area (TPSA) is 178 Å². The van der Waals surface area contributed by atoms with Gasteiger partial charge in [0.05, 0.1) is 7.11 Å². The van der Waals surface area contributed by atoms with Crippen molar-refractivity contribution >= 4 is 35.1 Å². The van der Waals surface area contributed by atoms with E-state index in [4.69, 9.17) is 34.9 Å². The molecule has 2 amide bonds. The predicted molar refractivity (Wildman–Crippen MR) is 176 cm³/mol. The summed E-state index contributed by atoms with van der Waals surface area (Å²) in [7, 11) is 1.21. The Labute approximate surface area is 286 Å². The van der Waals surface area contributed by atoms with Crippen LogP contribution in [0.4, 0.5) is 5.69 Å². The summed E-state index contributed by atoms with van der Waals surface area (Å²) < 4.78 is 24.0. The maximum absolute atomic E-state index is 14.1. The smallest absolute Gasteiger partial charge is 0.361 e. The van der Waals surface area contributed by atoms with E-state index in [9.17, 15) is 19.5 Å². The predicted octanol–water partition coefficient (Wildman–Crippen LogP) is 4.65. The number of esters is 1. The average molecular weight is 690 g/mol. The molecule has 1 spiro atoms. The van der Waals surface area contributed by atoms with Crippen molar-refractivity contribution in [3.05, 3.63) is 81.7 Å². The number of aliphatic hydroxyl groups is 1. The van der Waals surface area contributed by atoms with E-state index in [0.29, 0.717) is 17.1 Å². The largest absolute Gasteiger partial charge is 0.469 e. The minimum atomic E-state index is -1.64. The summed E-state index contributed by atoms with van der Waals surface area (Å²) in [5, 5.41) is 20.1. The van der Waals surface area contributed by atoms with Crippen LogP contribution in [-0.4, -0.2) is 57.8 Å². The van der Waals surface area contributed by atoms with Crippen LogP contribution in [0.5, 0.6) is 5.75 Å². The highest BCUT2D eigenvalue weighted by atomic mass is 35.5. The van der Waals surface area contributed by atoms with Crippen LogP contribution in [0, 0.1) is 5.92 Å². The Bertz CT molecular complexity index is 1980. The van der Waals surface area contributed by atoms with E-state index in [2.05, 4.69) is 20.9 Å². The molecule has 256 valence electrons. The number of aromatic nitrogens is 2. The fourth-order valence-corrected chi connectivity index (χ4v) is 7.13. The van der Waals surface area contributed by atoms with Crippen molar-refractivity contribution in [2.45, 2.75) is 76.3 Å². The van der Waals surface area contributed by atoms with Gasteiger partial charge in [0.1, 0.15) is 28.8 Å². The zero-order valence-electron chi connectivity index (χ0n) is 27.5. The molecule has 4 aromatic rings. The molecule has 0 radical (unpaired) electrons. The van der Waals surface area contributed by atoms with Gasteiger partial charge in [-0.05, 0) is 53.6 Å². The molecule has 4 bridgehead atoms. The van der Waals surface area contributed by atoms with Crippen LogP contribution in [0.1, 0.15) is 85.4 Å². The van der Waals surface area contributed by atoms with Gasteiger partial charge in [0, 0.05) is 17.7 Å². The highest BCUT2D eigenvalue weighted by Crippen LogP contribution is 2.59. The number of amides is 2. The highest BCUT2D eigenvalue weighted by Gasteiger charge is 2.61. The number of carbonyl (C=O) groups excluding carboxylic acids is 3. The van der Waals surface area contributed by atoms with Crippen LogP contribution >= 0.6 is 11.6 Å². The van der Waals surface area contributed by atoms with Gasteiger partial charge in [-0.3, -0.25) is 9.59 Å². The van der Waals surface area contributed by atoms with Gasteiger partial charge in [-0.25, -0.2) is 9.78 Å².